The van der Waals surface area contributed by atoms with E-state index in [1.165, 1.54) is 4.90 Å². The summed E-state index contributed by atoms with van der Waals surface area (Å²) in [6, 6.07) is 2.54. The second-order valence-corrected chi connectivity index (χ2v) is 5.52. The Morgan fingerprint density at radius 1 is 1.16 bits per heavy atom. The van der Waals surface area contributed by atoms with Crippen LogP contribution in [0, 0.1) is 11.6 Å². The number of carbonyl (C=O) groups excluding carboxylic acids is 3. The molecule has 3 amide bonds. The zero-order valence-electron chi connectivity index (χ0n) is 13.7. The van der Waals surface area contributed by atoms with Crippen molar-refractivity contribution in [3.05, 3.63) is 29.8 Å². The van der Waals surface area contributed by atoms with Crippen molar-refractivity contribution >= 4 is 23.6 Å². The summed E-state index contributed by atoms with van der Waals surface area (Å²) in [6.07, 6.45) is 0.579. The van der Waals surface area contributed by atoms with E-state index in [0.29, 0.717) is 32.5 Å². The zero-order valence-corrected chi connectivity index (χ0v) is 13.7. The summed E-state index contributed by atoms with van der Waals surface area (Å²) in [5.74, 6) is -4.02. The molecule has 0 aromatic heterocycles. The van der Waals surface area contributed by atoms with Gasteiger partial charge in [0, 0.05) is 30.9 Å². The molecule has 0 spiro atoms. The molecule has 1 aromatic rings. The van der Waals surface area contributed by atoms with Crippen LogP contribution in [0.5, 0.6) is 0 Å². The highest BCUT2D eigenvalue weighted by Gasteiger charge is 2.26. The fraction of sp³-hybridized carbons (Fsp3) is 0.438. The molecule has 0 aliphatic carbocycles. The Balaban J connectivity index is 1.81. The highest BCUT2D eigenvalue weighted by atomic mass is 19.2. The summed E-state index contributed by atoms with van der Waals surface area (Å²) in [6.45, 7) is 2.83. The van der Waals surface area contributed by atoms with Gasteiger partial charge in [0.05, 0.1) is 6.61 Å². The van der Waals surface area contributed by atoms with E-state index >= 15 is 0 Å². The quantitative estimate of drug-likeness (QED) is 0.807. The molecule has 1 aliphatic heterocycles. The highest BCUT2D eigenvalue weighted by molar-refractivity contribution is 6.39. The summed E-state index contributed by atoms with van der Waals surface area (Å²) in [7, 11) is 0. The average Bonchev–Trinajstić information content (AvgIpc) is 2.59. The third-order valence-electron chi connectivity index (χ3n) is 3.74. The first-order chi connectivity index (χ1) is 11.9. The lowest BCUT2D eigenvalue weighted by atomic mass is 10.1. The first-order valence-electron chi connectivity index (χ1n) is 7.89. The Hall–Kier alpha value is -2.71. The van der Waals surface area contributed by atoms with E-state index < -0.39 is 29.5 Å². The molecule has 1 heterocycles. The molecule has 1 fully saturated rings. The molecule has 0 atom stereocenters. The van der Waals surface area contributed by atoms with Crippen molar-refractivity contribution < 1.29 is 27.9 Å². The van der Waals surface area contributed by atoms with Gasteiger partial charge in [0.15, 0.2) is 11.6 Å². The number of hydrogen-bond acceptors (Lipinski definition) is 4. The normalized spacial score (nSPS) is 14.8. The minimum Gasteiger partial charge on any atom is -0.450 e. The second kappa shape index (κ2) is 8.41. The van der Waals surface area contributed by atoms with Crippen molar-refractivity contribution in [2.24, 2.45) is 0 Å². The van der Waals surface area contributed by atoms with E-state index in [0.717, 1.165) is 18.2 Å². The van der Waals surface area contributed by atoms with E-state index in [9.17, 15) is 23.2 Å². The maximum absolute atomic E-state index is 13.1. The van der Waals surface area contributed by atoms with Crippen LogP contribution < -0.4 is 10.6 Å². The number of likely N-dealkylation sites (tertiary alicyclic amines) is 1. The highest BCUT2D eigenvalue weighted by Crippen LogP contribution is 2.14. The van der Waals surface area contributed by atoms with E-state index in [1.807, 2.05) is 0 Å². The van der Waals surface area contributed by atoms with Gasteiger partial charge in [-0.1, -0.05) is 0 Å². The van der Waals surface area contributed by atoms with Gasteiger partial charge < -0.3 is 20.3 Å². The number of hydrogen-bond donors (Lipinski definition) is 2. The first-order valence-corrected chi connectivity index (χ1v) is 7.89. The van der Waals surface area contributed by atoms with Crippen molar-refractivity contribution in [1.82, 2.24) is 10.2 Å². The monoisotopic (exact) mass is 355 g/mol. The molecule has 25 heavy (non-hydrogen) atoms. The van der Waals surface area contributed by atoms with Gasteiger partial charge in [-0.25, -0.2) is 13.6 Å². The molecular formula is C16H19F2N3O4. The Kier molecular flexibility index (Phi) is 6.26. The standard InChI is InChI=1S/C16H19F2N3O4/c1-2-25-16(24)21-7-5-10(6-8-21)19-14(22)15(23)20-11-3-4-12(17)13(18)9-11/h3-4,9-10H,2,5-8H2,1H3,(H,19,22)(H,20,23). The number of anilines is 1. The average molecular weight is 355 g/mol. The topological polar surface area (TPSA) is 87.7 Å². The predicted octanol–water partition coefficient (Wildman–Crippen LogP) is 1.64. The van der Waals surface area contributed by atoms with E-state index in [1.54, 1.807) is 6.92 Å². The van der Waals surface area contributed by atoms with Gasteiger partial charge in [-0.05, 0) is 31.9 Å². The van der Waals surface area contributed by atoms with Gasteiger partial charge >= 0.3 is 17.9 Å². The van der Waals surface area contributed by atoms with Gasteiger partial charge in [-0.3, -0.25) is 9.59 Å². The SMILES string of the molecule is CCOC(=O)N1CCC(NC(=O)C(=O)Nc2ccc(F)c(F)c2)CC1. The minimum absolute atomic E-state index is 0.0174. The number of benzene rings is 1. The van der Waals surface area contributed by atoms with Crippen molar-refractivity contribution in [1.29, 1.82) is 0 Å². The Labute approximate surface area is 143 Å². The van der Waals surface area contributed by atoms with Crippen LogP contribution in [0.25, 0.3) is 0 Å². The molecule has 0 unspecified atom stereocenters. The van der Waals surface area contributed by atoms with Gasteiger partial charge in [0.2, 0.25) is 0 Å². The number of halogens is 2. The summed E-state index contributed by atoms with van der Waals surface area (Å²) < 4.78 is 30.8. The van der Waals surface area contributed by atoms with Crippen LogP contribution in [-0.2, 0) is 14.3 Å². The summed E-state index contributed by atoms with van der Waals surface area (Å²) >= 11 is 0. The third kappa shape index (κ3) is 5.13. The fourth-order valence-corrected chi connectivity index (χ4v) is 2.43. The molecule has 1 aromatic carbocycles. The maximum atomic E-state index is 13.1. The molecule has 0 radical (unpaired) electrons. The largest absolute Gasteiger partial charge is 0.450 e. The van der Waals surface area contributed by atoms with Gasteiger partial charge in [0.25, 0.3) is 0 Å². The Bertz CT molecular complexity index is 661. The first kappa shape index (κ1) is 18.6. The zero-order chi connectivity index (χ0) is 18.4. The molecular weight excluding hydrogens is 336 g/mol. The number of amides is 3. The second-order valence-electron chi connectivity index (χ2n) is 5.52. The van der Waals surface area contributed by atoms with E-state index in [2.05, 4.69) is 10.6 Å². The molecule has 0 bridgehead atoms. The molecule has 2 rings (SSSR count). The molecule has 9 heteroatoms. The Morgan fingerprint density at radius 2 is 1.84 bits per heavy atom. The van der Waals surface area contributed by atoms with E-state index in [4.69, 9.17) is 4.74 Å². The number of rotatable bonds is 3. The van der Waals surface area contributed by atoms with Crippen LogP contribution in [0.15, 0.2) is 18.2 Å². The fourth-order valence-electron chi connectivity index (χ4n) is 2.43. The van der Waals surface area contributed by atoms with Crippen LogP contribution in [0.3, 0.4) is 0 Å². The van der Waals surface area contributed by atoms with Crippen LogP contribution in [0.4, 0.5) is 19.3 Å². The molecule has 1 saturated heterocycles. The molecule has 136 valence electrons. The lowest BCUT2D eigenvalue weighted by Gasteiger charge is -2.31. The molecule has 7 nitrogen and oxygen atoms in total. The summed E-state index contributed by atoms with van der Waals surface area (Å²) in [5, 5.41) is 4.76. The van der Waals surface area contributed by atoms with Crippen molar-refractivity contribution in [2.45, 2.75) is 25.8 Å². The lowest BCUT2D eigenvalue weighted by Crippen LogP contribution is -2.49. The maximum Gasteiger partial charge on any atom is 0.409 e. The van der Waals surface area contributed by atoms with Gasteiger partial charge in [0.1, 0.15) is 0 Å². The van der Waals surface area contributed by atoms with Crippen LogP contribution in [0.1, 0.15) is 19.8 Å². The molecule has 2 N–H and O–H groups in total. The van der Waals surface area contributed by atoms with Gasteiger partial charge in [-0.15, -0.1) is 0 Å². The number of nitrogens with one attached hydrogen (secondary N) is 2. The Morgan fingerprint density at radius 3 is 2.44 bits per heavy atom. The minimum atomic E-state index is -1.12. The van der Waals surface area contributed by atoms with Crippen molar-refractivity contribution in [3.8, 4) is 0 Å². The molecule has 0 saturated carbocycles. The summed E-state index contributed by atoms with van der Waals surface area (Å²) in [4.78, 5) is 36.8. The van der Waals surface area contributed by atoms with Gasteiger partial charge in [-0.2, -0.15) is 0 Å². The number of ether oxygens (including phenoxy) is 1. The van der Waals surface area contributed by atoms with Crippen LogP contribution in [-0.4, -0.2) is 48.5 Å². The number of carbonyl (C=O) groups is 3. The molecule has 1 aliphatic rings. The van der Waals surface area contributed by atoms with Crippen molar-refractivity contribution in [2.75, 3.05) is 25.0 Å². The third-order valence-corrected chi connectivity index (χ3v) is 3.74. The van der Waals surface area contributed by atoms with Crippen LogP contribution in [0.2, 0.25) is 0 Å². The predicted molar refractivity (Wildman–Crippen MR) is 84.7 cm³/mol. The van der Waals surface area contributed by atoms with Crippen molar-refractivity contribution in [3.63, 3.8) is 0 Å². The summed E-state index contributed by atoms with van der Waals surface area (Å²) in [5.41, 5.74) is -0.0174. The smallest absolute Gasteiger partial charge is 0.409 e. The number of nitrogens with zero attached hydrogens (tertiary/aromatic N) is 1. The van der Waals surface area contributed by atoms with Crippen LogP contribution >= 0.6 is 0 Å². The lowest BCUT2D eigenvalue weighted by molar-refractivity contribution is -0.136. The van der Waals surface area contributed by atoms with E-state index in [-0.39, 0.29) is 11.7 Å². The number of piperidine rings is 1.